The average molecular weight is 252 g/mol. The molecule has 1 unspecified atom stereocenters. The Morgan fingerprint density at radius 3 is 3.06 bits per heavy atom. The Bertz CT molecular complexity index is 478. The van der Waals surface area contributed by atoms with Crippen LogP contribution in [0.2, 0.25) is 0 Å². The number of nitrogens with one attached hydrogen (secondary N) is 1. The molecule has 2 aromatic rings. The molecule has 2 aromatic heterocycles. The van der Waals surface area contributed by atoms with E-state index in [1.165, 1.54) is 0 Å². The van der Waals surface area contributed by atoms with Crippen LogP contribution in [0, 0.1) is 0 Å². The molecule has 5 heteroatoms. The molecule has 1 atom stereocenters. The van der Waals surface area contributed by atoms with Crippen molar-refractivity contribution in [2.45, 2.75) is 19.9 Å². The number of ether oxygens (including phenoxy) is 1. The van der Waals surface area contributed by atoms with Crippen molar-refractivity contribution in [3.8, 4) is 16.4 Å². The van der Waals surface area contributed by atoms with E-state index < -0.39 is 0 Å². The summed E-state index contributed by atoms with van der Waals surface area (Å²) in [6, 6.07) is 2.09. The summed E-state index contributed by atoms with van der Waals surface area (Å²) in [5.41, 5.74) is 0. The second-order valence-corrected chi connectivity index (χ2v) is 4.60. The van der Waals surface area contributed by atoms with Crippen LogP contribution in [0.15, 0.2) is 22.1 Å². The third kappa shape index (κ3) is 2.68. The first-order chi connectivity index (χ1) is 8.24. The van der Waals surface area contributed by atoms with Crippen molar-refractivity contribution < 1.29 is 9.15 Å². The lowest BCUT2D eigenvalue weighted by atomic mass is 10.3. The lowest BCUT2D eigenvalue weighted by Crippen LogP contribution is -2.17. The van der Waals surface area contributed by atoms with Crippen molar-refractivity contribution in [2.75, 3.05) is 13.7 Å². The van der Waals surface area contributed by atoms with Crippen LogP contribution in [-0.4, -0.2) is 18.6 Å². The molecule has 17 heavy (non-hydrogen) atoms. The van der Waals surface area contributed by atoms with Crippen molar-refractivity contribution >= 4 is 11.3 Å². The molecule has 2 heterocycles. The van der Waals surface area contributed by atoms with Gasteiger partial charge in [0.25, 0.3) is 0 Å². The van der Waals surface area contributed by atoms with E-state index in [4.69, 9.17) is 9.15 Å². The molecule has 0 aliphatic heterocycles. The smallest absolute Gasteiger partial charge is 0.211 e. The van der Waals surface area contributed by atoms with Gasteiger partial charge in [-0.2, -0.15) is 0 Å². The third-order valence-electron chi connectivity index (χ3n) is 2.46. The summed E-state index contributed by atoms with van der Waals surface area (Å²) in [5, 5.41) is 5.22. The maximum atomic E-state index is 5.72. The second kappa shape index (κ2) is 5.33. The number of rotatable bonds is 5. The van der Waals surface area contributed by atoms with Gasteiger partial charge in [-0.1, -0.05) is 6.92 Å². The fourth-order valence-corrected chi connectivity index (χ4v) is 2.35. The Morgan fingerprint density at radius 1 is 1.59 bits per heavy atom. The first-order valence-corrected chi connectivity index (χ1v) is 6.44. The minimum atomic E-state index is 0.135. The van der Waals surface area contributed by atoms with Gasteiger partial charge in [0.2, 0.25) is 5.89 Å². The molecule has 1 N–H and O–H groups in total. The van der Waals surface area contributed by atoms with Crippen LogP contribution in [0.25, 0.3) is 10.6 Å². The van der Waals surface area contributed by atoms with Gasteiger partial charge in [0.05, 0.1) is 24.2 Å². The van der Waals surface area contributed by atoms with Crippen molar-refractivity contribution in [1.29, 1.82) is 0 Å². The summed E-state index contributed by atoms with van der Waals surface area (Å²) >= 11 is 1.59. The third-order valence-corrected chi connectivity index (χ3v) is 3.38. The molecule has 0 aliphatic rings. The summed E-state index contributed by atoms with van der Waals surface area (Å²) < 4.78 is 10.9. The molecular weight excluding hydrogens is 236 g/mol. The highest BCUT2D eigenvalue weighted by Crippen LogP contribution is 2.32. The Hall–Kier alpha value is -1.33. The van der Waals surface area contributed by atoms with Crippen LogP contribution in [0.5, 0.6) is 5.75 Å². The van der Waals surface area contributed by atoms with Crippen molar-refractivity contribution in [2.24, 2.45) is 0 Å². The monoisotopic (exact) mass is 252 g/mol. The van der Waals surface area contributed by atoms with E-state index in [0.29, 0.717) is 5.89 Å². The van der Waals surface area contributed by atoms with Crippen LogP contribution in [0.3, 0.4) is 0 Å². The van der Waals surface area contributed by atoms with Gasteiger partial charge >= 0.3 is 0 Å². The van der Waals surface area contributed by atoms with E-state index >= 15 is 0 Å². The van der Waals surface area contributed by atoms with Crippen molar-refractivity contribution in [1.82, 2.24) is 10.3 Å². The number of thiophene rings is 1. The van der Waals surface area contributed by atoms with Gasteiger partial charge in [-0.25, -0.2) is 4.98 Å². The molecule has 0 saturated carbocycles. The standard InChI is InChI=1S/C12H16N2O2S/c1-4-13-8(2)12-14-6-10(16-12)11-5-9(15-3)7-17-11/h5-8,13H,4H2,1-3H3. The topological polar surface area (TPSA) is 47.3 Å². The maximum absolute atomic E-state index is 5.72. The fraction of sp³-hybridized carbons (Fsp3) is 0.417. The molecule has 0 aromatic carbocycles. The average Bonchev–Trinajstić information content (AvgIpc) is 2.98. The number of hydrogen-bond acceptors (Lipinski definition) is 5. The Labute approximate surface area is 105 Å². The fourth-order valence-electron chi connectivity index (χ4n) is 1.55. The first-order valence-electron chi connectivity index (χ1n) is 5.56. The normalized spacial score (nSPS) is 12.6. The lowest BCUT2D eigenvalue weighted by molar-refractivity contribution is 0.416. The molecule has 2 rings (SSSR count). The first kappa shape index (κ1) is 12.1. The molecule has 0 bridgehead atoms. The molecule has 0 fully saturated rings. The molecule has 0 radical (unpaired) electrons. The summed E-state index contributed by atoms with van der Waals surface area (Å²) in [6.07, 6.45) is 1.76. The predicted molar refractivity (Wildman–Crippen MR) is 68.5 cm³/mol. The minimum Gasteiger partial charge on any atom is -0.496 e. The predicted octanol–water partition coefficient (Wildman–Crippen LogP) is 3.08. The Morgan fingerprint density at radius 2 is 2.41 bits per heavy atom. The summed E-state index contributed by atoms with van der Waals surface area (Å²) in [6.45, 7) is 4.99. The van der Waals surface area contributed by atoms with Gasteiger partial charge < -0.3 is 14.5 Å². The van der Waals surface area contributed by atoms with E-state index in [0.717, 1.165) is 22.9 Å². The van der Waals surface area contributed by atoms with E-state index in [1.54, 1.807) is 24.6 Å². The zero-order valence-electron chi connectivity index (χ0n) is 10.2. The van der Waals surface area contributed by atoms with Crippen LogP contribution in [0.4, 0.5) is 0 Å². The quantitative estimate of drug-likeness (QED) is 0.888. The number of oxazole rings is 1. The summed E-state index contributed by atoms with van der Waals surface area (Å²) in [4.78, 5) is 5.31. The van der Waals surface area contributed by atoms with E-state index in [1.807, 2.05) is 18.4 Å². The zero-order chi connectivity index (χ0) is 12.3. The molecule has 0 amide bonds. The van der Waals surface area contributed by atoms with Gasteiger partial charge in [-0.05, 0) is 13.5 Å². The minimum absolute atomic E-state index is 0.135. The largest absolute Gasteiger partial charge is 0.496 e. The van der Waals surface area contributed by atoms with Gasteiger partial charge in [-0.3, -0.25) is 0 Å². The van der Waals surface area contributed by atoms with E-state index in [-0.39, 0.29) is 6.04 Å². The molecule has 4 nitrogen and oxygen atoms in total. The van der Waals surface area contributed by atoms with E-state index in [9.17, 15) is 0 Å². The van der Waals surface area contributed by atoms with Gasteiger partial charge in [0, 0.05) is 11.4 Å². The SMILES string of the molecule is CCNC(C)c1ncc(-c2cc(OC)cs2)o1. The highest BCUT2D eigenvalue weighted by Gasteiger charge is 2.13. The Balaban J connectivity index is 2.17. The molecule has 92 valence electrons. The number of nitrogens with zero attached hydrogens (tertiary/aromatic N) is 1. The highest BCUT2D eigenvalue weighted by atomic mass is 32.1. The number of hydrogen-bond donors (Lipinski definition) is 1. The second-order valence-electron chi connectivity index (χ2n) is 3.69. The Kier molecular flexibility index (Phi) is 3.81. The molecular formula is C12H16N2O2S. The zero-order valence-corrected chi connectivity index (χ0v) is 11.0. The molecule has 0 spiro atoms. The van der Waals surface area contributed by atoms with Crippen molar-refractivity contribution in [3.05, 3.63) is 23.5 Å². The number of methoxy groups -OCH3 is 1. The molecule has 0 saturated heterocycles. The van der Waals surface area contributed by atoms with E-state index in [2.05, 4.69) is 17.2 Å². The number of aromatic nitrogens is 1. The maximum Gasteiger partial charge on any atom is 0.211 e. The van der Waals surface area contributed by atoms with Crippen LogP contribution in [-0.2, 0) is 0 Å². The van der Waals surface area contributed by atoms with Crippen LogP contribution < -0.4 is 10.1 Å². The van der Waals surface area contributed by atoms with Gasteiger partial charge in [0.15, 0.2) is 5.76 Å². The van der Waals surface area contributed by atoms with Crippen LogP contribution >= 0.6 is 11.3 Å². The van der Waals surface area contributed by atoms with Gasteiger partial charge in [0.1, 0.15) is 5.75 Å². The summed E-state index contributed by atoms with van der Waals surface area (Å²) in [5.74, 6) is 2.36. The molecule has 0 aliphatic carbocycles. The van der Waals surface area contributed by atoms with Gasteiger partial charge in [-0.15, -0.1) is 11.3 Å². The summed E-state index contributed by atoms with van der Waals surface area (Å²) in [7, 11) is 1.66. The highest BCUT2D eigenvalue weighted by molar-refractivity contribution is 7.13. The lowest BCUT2D eigenvalue weighted by Gasteiger charge is -2.06. The van der Waals surface area contributed by atoms with Crippen LogP contribution in [0.1, 0.15) is 25.8 Å². The van der Waals surface area contributed by atoms with Crippen molar-refractivity contribution in [3.63, 3.8) is 0 Å².